The molecule has 1 nitrogen and oxygen atoms in total. The number of hydrogen-bond donors (Lipinski definition) is 1. The monoisotopic (exact) mass is 321 g/mol. The van der Waals surface area contributed by atoms with Crippen molar-refractivity contribution in [1.29, 1.82) is 0 Å². The molecular weight excluding hydrogens is 302 g/mol. The molecule has 2 aliphatic carbocycles. The summed E-state index contributed by atoms with van der Waals surface area (Å²) in [5.74, 6) is 0. The van der Waals surface area contributed by atoms with E-state index in [0.29, 0.717) is 0 Å². The largest absolute Gasteiger partial charge is 0.361 e. The summed E-state index contributed by atoms with van der Waals surface area (Å²) < 4.78 is 0. The first-order valence-corrected chi connectivity index (χ1v) is 8.47. The zero-order valence-electron chi connectivity index (χ0n) is 13.9. The van der Waals surface area contributed by atoms with Crippen molar-refractivity contribution in [2.24, 2.45) is 0 Å². The van der Waals surface area contributed by atoms with Crippen molar-refractivity contribution in [2.45, 2.75) is 0 Å². The molecule has 0 radical (unpaired) electrons. The minimum atomic E-state index is 1.13. The number of rotatable bonds is 1. The predicted octanol–water partition coefficient (Wildman–Crippen LogP) is 5.83. The van der Waals surface area contributed by atoms with Crippen LogP contribution in [0.2, 0.25) is 0 Å². The fourth-order valence-corrected chi connectivity index (χ4v) is 3.09. The second kappa shape index (κ2) is 7.06. The standard InChI is InChI=1S/C16H13N.C8H6/c1-2-11-16(17-12-5-1)15-10-6-8-13-7-3-4-9-14(13)15;1-3-7-5-2-6-8(7)4-1/h1-12,17H;1-6H. The highest BCUT2D eigenvalue weighted by Crippen LogP contribution is 2.24. The van der Waals surface area contributed by atoms with E-state index < -0.39 is 0 Å². The van der Waals surface area contributed by atoms with Crippen LogP contribution in [-0.4, -0.2) is 0 Å². The Labute approximate surface area is 148 Å². The Morgan fingerprint density at radius 3 is 2.20 bits per heavy atom. The van der Waals surface area contributed by atoms with Gasteiger partial charge in [-0.2, -0.15) is 0 Å². The van der Waals surface area contributed by atoms with Crippen LogP contribution in [0.4, 0.5) is 0 Å². The summed E-state index contributed by atoms with van der Waals surface area (Å²) in [6.07, 6.45) is 22.7. The van der Waals surface area contributed by atoms with E-state index in [1.165, 1.54) is 27.5 Å². The molecule has 3 aliphatic rings. The Kier molecular flexibility index (Phi) is 4.30. The normalized spacial score (nSPS) is 16.4. The van der Waals surface area contributed by atoms with Gasteiger partial charge in [-0.15, -0.1) is 0 Å². The van der Waals surface area contributed by atoms with Crippen molar-refractivity contribution < 1.29 is 0 Å². The third-order valence-corrected chi connectivity index (χ3v) is 4.34. The molecule has 25 heavy (non-hydrogen) atoms. The van der Waals surface area contributed by atoms with Gasteiger partial charge in [0.05, 0.1) is 0 Å². The van der Waals surface area contributed by atoms with Gasteiger partial charge in [-0.05, 0) is 34.1 Å². The summed E-state index contributed by atoms with van der Waals surface area (Å²) in [6.45, 7) is 0. The molecule has 1 heteroatoms. The van der Waals surface area contributed by atoms with Gasteiger partial charge in [0.1, 0.15) is 0 Å². The third-order valence-electron chi connectivity index (χ3n) is 4.34. The van der Waals surface area contributed by atoms with E-state index in [2.05, 4.69) is 90.3 Å². The van der Waals surface area contributed by atoms with E-state index in [0.717, 1.165) is 5.70 Å². The molecule has 2 aromatic rings. The molecule has 5 rings (SSSR count). The molecule has 0 fully saturated rings. The summed E-state index contributed by atoms with van der Waals surface area (Å²) in [5.41, 5.74) is 5.07. The van der Waals surface area contributed by atoms with E-state index >= 15 is 0 Å². The number of benzene rings is 2. The van der Waals surface area contributed by atoms with Gasteiger partial charge in [0.25, 0.3) is 0 Å². The molecule has 0 amide bonds. The van der Waals surface area contributed by atoms with E-state index in [-0.39, 0.29) is 0 Å². The molecule has 0 aromatic heterocycles. The van der Waals surface area contributed by atoms with Gasteiger partial charge in [-0.1, -0.05) is 91.1 Å². The van der Waals surface area contributed by atoms with Gasteiger partial charge in [-0.3, -0.25) is 0 Å². The van der Waals surface area contributed by atoms with Crippen molar-refractivity contribution >= 4 is 16.5 Å². The van der Waals surface area contributed by atoms with Gasteiger partial charge in [0.15, 0.2) is 0 Å². The third kappa shape index (κ3) is 3.31. The molecule has 0 saturated heterocycles. The van der Waals surface area contributed by atoms with Crippen LogP contribution in [0, 0.1) is 0 Å². The maximum absolute atomic E-state index is 3.31. The highest BCUT2D eigenvalue weighted by Gasteiger charge is 2.05. The van der Waals surface area contributed by atoms with Gasteiger partial charge in [-0.25, -0.2) is 0 Å². The maximum atomic E-state index is 3.31. The summed E-state index contributed by atoms with van der Waals surface area (Å²) in [4.78, 5) is 0. The number of allylic oxidation sites excluding steroid dienone is 12. The summed E-state index contributed by atoms with van der Waals surface area (Å²) in [6, 6.07) is 14.8. The van der Waals surface area contributed by atoms with Crippen molar-refractivity contribution in [3.05, 3.63) is 126 Å². The molecule has 120 valence electrons. The number of fused-ring (bicyclic) bond motifs is 2. The molecule has 0 spiro atoms. The molecule has 0 atom stereocenters. The minimum Gasteiger partial charge on any atom is -0.361 e. The van der Waals surface area contributed by atoms with E-state index in [1.54, 1.807) is 0 Å². The van der Waals surface area contributed by atoms with Crippen LogP contribution in [0.5, 0.6) is 0 Å². The second-order valence-electron chi connectivity index (χ2n) is 5.96. The van der Waals surface area contributed by atoms with Gasteiger partial charge >= 0.3 is 0 Å². The summed E-state index contributed by atoms with van der Waals surface area (Å²) >= 11 is 0. The van der Waals surface area contributed by atoms with E-state index in [1.807, 2.05) is 24.4 Å². The quantitative estimate of drug-likeness (QED) is 0.696. The first kappa shape index (κ1) is 15.2. The van der Waals surface area contributed by atoms with E-state index in [9.17, 15) is 0 Å². The van der Waals surface area contributed by atoms with Crippen molar-refractivity contribution in [3.8, 4) is 0 Å². The smallest absolute Gasteiger partial charge is 0.0459 e. The lowest BCUT2D eigenvalue weighted by Crippen LogP contribution is -2.03. The second-order valence-corrected chi connectivity index (χ2v) is 5.96. The van der Waals surface area contributed by atoms with Crippen LogP contribution >= 0.6 is 0 Å². The fourth-order valence-electron chi connectivity index (χ4n) is 3.09. The van der Waals surface area contributed by atoms with Gasteiger partial charge in [0, 0.05) is 17.5 Å². The Bertz CT molecular complexity index is 976. The zero-order chi connectivity index (χ0) is 16.9. The van der Waals surface area contributed by atoms with Crippen molar-refractivity contribution in [1.82, 2.24) is 5.32 Å². The zero-order valence-corrected chi connectivity index (χ0v) is 13.9. The van der Waals surface area contributed by atoms with Crippen molar-refractivity contribution in [2.75, 3.05) is 0 Å². The first-order chi connectivity index (χ1) is 12.4. The molecule has 1 heterocycles. The Morgan fingerprint density at radius 2 is 1.36 bits per heavy atom. The minimum absolute atomic E-state index is 1.13. The highest BCUT2D eigenvalue weighted by atomic mass is 14.8. The van der Waals surface area contributed by atoms with Crippen LogP contribution in [0.1, 0.15) is 5.56 Å². The van der Waals surface area contributed by atoms with Crippen LogP contribution in [0.3, 0.4) is 0 Å². The Hall–Kier alpha value is -3.32. The molecule has 0 saturated carbocycles. The fraction of sp³-hybridized carbons (Fsp3) is 0. The average Bonchev–Trinajstić information content (AvgIpc) is 3.19. The lowest BCUT2D eigenvalue weighted by molar-refractivity contribution is 1.23. The van der Waals surface area contributed by atoms with Gasteiger partial charge < -0.3 is 5.32 Å². The maximum Gasteiger partial charge on any atom is 0.0459 e. The Morgan fingerprint density at radius 1 is 0.600 bits per heavy atom. The van der Waals surface area contributed by atoms with Crippen LogP contribution in [0.15, 0.2) is 121 Å². The Balaban J connectivity index is 0.000000163. The highest BCUT2D eigenvalue weighted by molar-refractivity contribution is 5.93. The van der Waals surface area contributed by atoms with Crippen LogP contribution < -0.4 is 5.32 Å². The summed E-state index contributed by atoms with van der Waals surface area (Å²) in [7, 11) is 0. The van der Waals surface area contributed by atoms with Crippen LogP contribution in [0.25, 0.3) is 16.5 Å². The van der Waals surface area contributed by atoms with Crippen LogP contribution in [-0.2, 0) is 0 Å². The molecule has 0 unspecified atom stereocenters. The lowest BCUT2D eigenvalue weighted by atomic mass is 10.0. The first-order valence-electron chi connectivity index (χ1n) is 8.47. The van der Waals surface area contributed by atoms with E-state index in [4.69, 9.17) is 0 Å². The number of nitrogens with one attached hydrogen (secondary N) is 1. The SMILES string of the molecule is C1=CC2=CC=CC2=C1.C1=CC=C(c2cccc3ccccc23)NC=C1. The molecule has 1 aliphatic heterocycles. The van der Waals surface area contributed by atoms with Crippen molar-refractivity contribution in [3.63, 3.8) is 0 Å². The lowest BCUT2D eigenvalue weighted by Gasteiger charge is -2.10. The predicted molar refractivity (Wildman–Crippen MR) is 108 cm³/mol. The molecule has 1 N–H and O–H groups in total. The average molecular weight is 321 g/mol. The topological polar surface area (TPSA) is 12.0 Å². The molecule has 0 bridgehead atoms. The summed E-state index contributed by atoms with van der Waals surface area (Å²) in [5, 5.41) is 5.85. The van der Waals surface area contributed by atoms with Gasteiger partial charge in [0.2, 0.25) is 0 Å². The number of hydrogen-bond acceptors (Lipinski definition) is 1. The molecule has 2 aromatic carbocycles. The molecular formula is C24H19N.